The minimum atomic E-state index is 0.790. The first-order chi connectivity index (χ1) is 28.6. The molecule has 0 atom stereocenters. The molecule has 0 fully saturated rings. The molecule has 58 heavy (non-hydrogen) atoms. The van der Waals surface area contributed by atoms with Crippen LogP contribution in [-0.4, -0.2) is 0 Å². The summed E-state index contributed by atoms with van der Waals surface area (Å²) >= 11 is 0. The van der Waals surface area contributed by atoms with E-state index >= 15 is 0 Å². The molecule has 0 radical (unpaired) electrons. The molecular weight excluding hydrogens is 703 g/mol. The summed E-state index contributed by atoms with van der Waals surface area (Å²) in [6.07, 6.45) is 0. The third-order valence-electron chi connectivity index (χ3n) is 11.8. The van der Waals surface area contributed by atoms with Gasteiger partial charge >= 0.3 is 0 Å². The molecule has 11 aromatic carbocycles. The zero-order chi connectivity index (χ0) is 38.7. The molecule has 11 rings (SSSR count). The fraction of sp³-hybridized carbons (Fsp3) is 0.0357. The van der Waals surface area contributed by atoms with Crippen LogP contribution in [0.25, 0.3) is 76.1 Å². The van der Waals surface area contributed by atoms with Gasteiger partial charge in [0, 0.05) is 17.1 Å². The number of nitrogens with zero attached hydrogens (tertiary/aromatic N) is 1. The largest absolute Gasteiger partial charge is 0.457 e. The minimum absolute atomic E-state index is 0.790. The lowest BCUT2D eigenvalue weighted by Gasteiger charge is -2.26. The van der Waals surface area contributed by atoms with Gasteiger partial charge in [0.1, 0.15) is 11.5 Å². The predicted octanol–water partition coefficient (Wildman–Crippen LogP) is 16.1. The Labute approximate surface area is 338 Å². The van der Waals surface area contributed by atoms with Crippen molar-refractivity contribution >= 4 is 70.9 Å². The molecule has 0 unspecified atom stereocenters. The van der Waals surface area contributed by atoms with Gasteiger partial charge in [-0.2, -0.15) is 0 Å². The zero-order valence-electron chi connectivity index (χ0n) is 32.4. The monoisotopic (exact) mass is 741 g/mol. The van der Waals surface area contributed by atoms with Crippen molar-refractivity contribution in [3.05, 3.63) is 211 Å². The van der Waals surface area contributed by atoms with Gasteiger partial charge in [-0.15, -0.1) is 0 Å². The highest BCUT2D eigenvalue weighted by molar-refractivity contribution is 6.29. The number of rotatable bonds is 7. The third-order valence-corrected chi connectivity index (χ3v) is 11.8. The second-order valence-corrected chi connectivity index (χ2v) is 15.4. The summed E-state index contributed by atoms with van der Waals surface area (Å²) in [6, 6.07) is 72.5. The van der Waals surface area contributed by atoms with Gasteiger partial charge in [0.25, 0.3) is 0 Å². The number of benzene rings is 11. The van der Waals surface area contributed by atoms with Gasteiger partial charge in [0.05, 0.1) is 0 Å². The highest BCUT2D eigenvalue weighted by Gasteiger charge is 2.20. The third kappa shape index (κ3) is 5.64. The number of aryl methyl sites for hydroxylation is 2. The molecule has 11 aromatic rings. The molecule has 0 amide bonds. The molecule has 0 heterocycles. The topological polar surface area (TPSA) is 12.5 Å². The molecule has 0 aliphatic carbocycles. The number of fused-ring (bicyclic) bond motifs is 2. The van der Waals surface area contributed by atoms with Crippen molar-refractivity contribution < 1.29 is 4.74 Å². The van der Waals surface area contributed by atoms with E-state index in [0.717, 1.165) is 34.1 Å². The fourth-order valence-corrected chi connectivity index (χ4v) is 9.01. The Hall–Kier alpha value is -7.42. The maximum absolute atomic E-state index is 6.47. The maximum atomic E-state index is 6.47. The standard InChI is InChI=1S/C56H39NO/c1-36-14-24-42(25-15-36)57(43-26-16-37(2)17-27-43)44-28-32-46(33-29-44)58-45-30-20-40(21-31-45)54-47-10-3-5-12-49(47)56(50-13-6-4-11-48(50)54)52-35-23-41-19-18-38-8-7-9-39-22-34-51(52)55(41)53(38)39/h3-35H,1-2H3. The zero-order valence-corrected chi connectivity index (χ0v) is 32.4. The average molecular weight is 742 g/mol. The molecule has 0 aromatic heterocycles. The molecule has 2 heteroatoms. The molecule has 0 N–H and O–H groups in total. The van der Waals surface area contributed by atoms with Crippen LogP contribution in [0.4, 0.5) is 17.1 Å². The van der Waals surface area contributed by atoms with E-state index in [2.05, 4.69) is 219 Å². The smallest absolute Gasteiger partial charge is 0.127 e. The van der Waals surface area contributed by atoms with Gasteiger partial charge in [-0.05, 0) is 151 Å². The van der Waals surface area contributed by atoms with Crippen LogP contribution in [0.1, 0.15) is 11.1 Å². The highest BCUT2D eigenvalue weighted by atomic mass is 16.5. The van der Waals surface area contributed by atoms with Crippen molar-refractivity contribution in [1.82, 2.24) is 0 Å². The minimum Gasteiger partial charge on any atom is -0.457 e. The summed E-state index contributed by atoms with van der Waals surface area (Å²) in [5.41, 5.74) is 10.7. The highest BCUT2D eigenvalue weighted by Crippen LogP contribution is 2.47. The van der Waals surface area contributed by atoms with E-state index in [4.69, 9.17) is 4.74 Å². The molecule has 0 aliphatic heterocycles. The number of anilines is 3. The van der Waals surface area contributed by atoms with Gasteiger partial charge in [0.15, 0.2) is 0 Å². The molecule has 0 saturated carbocycles. The van der Waals surface area contributed by atoms with Crippen LogP contribution < -0.4 is 9.64 Å². The Morgan fingerprint density at radius 2 is 0.759 bits per heavy atom. The Bertz CT molecular complexity index is 3170. The normalized spacial score (nSPS) is 11.6. The Kier molecular flexibility index (Phi) is 7.97. The van der Waals surface area contributed by atoms with Crippen LogP contribution in [0.3, 0.4) is 0 Å². The predicted molar refractivity (Wildman–Crippen MR) is 247 cm³/mol. The van der Waals surface area contributed by atoms with E-state index in [1.54, 1.807) is 0 Å². The van der Waals surface area contributed by atoms with E-state index < -0.39 is 0 Å². The summed E-state index contributed by atoms with van der Waals surface area (Å²) in [7, 11) is 0. The first-order valence-electron chi connectivity index (χ1n) is 20.0. The molecule has 0 aliphatic rings. The summed E-state index contributed by atoms with van der Waals surface area (Å²) in [5, 5.41) is 12.8. The number of hydrogen-bond acceptors (Lipinski definition) is 2. The van der Waals surface area contributed by atoms with Gasteiger partial charge in [-0.25, -0.2) is 0 Å². The van der Waals surface area contributed by atoms with Gasteiger partial charge in [-0.1, -0.05) is 151 Å². The van der Waals surface area contributed by atoms with E-state index in [1.807, 2.05) is 0 Å². The van der Waals surface area contributed by atoms with Crippen molar-refractivity contribution in [3.63, 3.8) is 0 Å². The lowest BCUT2D eigenvalue weighted by molar-refractivity contribution is 0.483. The van der Waals surface area contributed by atoms with Gasteiger partial charge in [-0.3, -0.25) is 0 Å². The van der Waals surface area contributed by atoms with Crippen molar-refractivity contribution in [2.75, 3.05) is 4.90 Å². The molecule has 0 saturated heterocycles. The summed E-state index contributed by atoms with van der Waals surface area (Å²) in [6.45, 7) is 4.24. The first kappa shape index (κ1) is 33.9. The quantitative estimate of drug-likeness (QED) is 0.119. The SMILES string of the molecule is Cc1ccc(N(c2ccc(C)cc2)c2ccc(Oc3ccc(-c4c5ccccc5c(-c5ccc6ccc7cccc8ccc5c6c78)c5ccccc45)cc3)cc2)cc1. The molecule has 0 spiro atoms. The average Bonchev–Trinajstić information content (AvgIpc) is 3.27. The Morgan fingerprint density at radius 3 is 1.29 bits per heavy atom. The van der Waals surface area contributed by atoms with E-state index in [-0.39, 0.29) is 0 Å². The fourth-order valence-electron chi connectivity index (χ4n) is 9.01. The molecule has 0 bridgehead atoms. The second-order valence-electron chi connectivity index (χ2n) is 15.4. The first-order valence-corrected chi connectivity index (χ1v) is 20.0. The van der Waals surface area contributed by atoms with Crippen molar-refractivity contribution in [3.8, 4) is 33.8 Å². The lowest BCUT2D eigenvalue weighted by atomic mass is 9.83. The molecular formula is C56H39NO. The van der Waals surface area contributed by atoms with Crippen LogP contribution in [0.5, 0.6) is 11.5 Å². The van der Waals surface area contributed by atoms with E-state index in [0.29, 0.717) is 0 Å². The van der Waals surface area contributed by atoms with Crippen LogP contribution in [0.15, 0.2) is 200 Å². The van der Waals surface area contributed by atoms with Crippen molar-refractivity contribution in [1.29, 1.82) is 0 Å². The Morgan fingerprint density at radius 1 is 0.328 bits per heavy atom. The second kappa shape index (κ2) is 13.7. The Balaban J connectivity index is 0.966. The van der Waals surface area contributed by atoms with Crippen LogP contribution >= 0.6 is 0 Å². The number of hydrogen-bond donors (Lipinski definition) is 0. The van der Waals surface area contributed by atoms with Crippen LogP contribution in [0, 0.1) is 13.8 Å². The summed E-state index contributed by atoms with van der Waals surface area (Å²) < 4.78 is 6.47. The maximum Gasteiger partial charge on any atom is 0.127 e. The lowest BCUT2D eigenvalue weighted by Crippen LogP contribution is -2.09. The number of ether oxygens (including phenoxy) is 1. The summed E-state index contributed by atoms with van der Waals surface area (Å²) in [5.74, 6) is 1.59. The molecule has 2 nitrogen and oxygen atoms in total. The van der Waals surface area contributed by atoms with E-state index in [1.165, 1.54) is 81.7 Å². The van der Waals surface area contributed by atoms with Crippen molar-refractivity contribution in [2.45, 2.75) is 13.8 Å². The van der Waals surface area contributed by atoms with Gasteiger partial charge < -0.3 is 9.64 Å². The van der Waals surface area contributed by atoms with Gasteiger partial charge in [0.2, 0.25) is 0 Å². The van der Waals surface area contributed by atoms with Crippen molar-refractivity contribution in [2.24, 2.45) is 0 Å². The van der Waals surface area contributed by atoms with Crippen LogP contribution in [-0.2, 0) is 0 Å². The van der Waals surface area contributed by atoms with Crippen LogP contribution in [0.2, 0.25) is 0 Å². The molecule has 274 valence electrons. The summed E-state index contributed by atoms with van der Waals surface area (Å²) in [4.78, 5) is 2.28. The van der Waals surface area contributed by atoms with E-state index in [9.17, 15) is 0 Å².